The number of likely N-dealkylation sites (tertiary alicyclic amines) is 1. The Hall–Kier alpha value is -2.30. The number of hydrogen-bond donors (Lipinski definition) is 1. The summed E-state index contributed by atoms with van der Waals surface area (Å²) in [6.45, 7) is 19.9. The number of amides is 2. The molecule has 39 heavy (non-hydrogen) atoms. The van der Waals surface area contributed by atoms with E-state index in [1.165, 1.54) is 31.4 Å². The summed E-state index contributed by atoms with van der Waals surface area (Å²) in [6, 6.07) is 3.90. The number of carbonyl (C=O) groups excluding carboxylic acids is 3. The summed E-state index contributed by atoms with van der Waals surface area (Å²) < 4.78 is 31.4. The summed E-state index contributed by atoms with van der Waals surface area (Å²) >= 11 is 0. The highest BCUT2D eigenvalue weighted by Gasteiger charge is 2.48. The van der Waals surface area contributed by atoms with Crippen molar-refractivity contribution in [2.75, 3.05) is 13.7 Å². The number of ketones is 1. The Morgan fingerprint density at radius 1 is 1.05 bits per heavy atom. The number of hydrogen-bond acceptors (Lipinski definition) is 6. The zero-order chi connectivity index (χ0) is 29.9. The first-order valence-electron chi connectivity index (χ1n) is 13.6. The van der Waals surface area contributed by atoms with Gasteiger partial charge in [0.05, 0.1) is 30.2 Å². The van der Waals surface area contributed by atoms with E-state index in [1.54, 1.807) is 18.7 Å². The normalized spacial score (nSPS) is 20.8. The summed E-state index contributed by atoms with van der Waals surface area (Å²) in [4.78, 5) is 41.0. The summed E-state index contributed by atoms with van der Waals surface area (Å²) in [5.41, 5.74) is -0.389. The van der Waals surface area contributed by atoms with Gasteiger partial charge in [-0.3, -0.25) is 14.5 Å². The first kappa shape index (κ1) is 32.9. The number of benzene rings is 1. The second-order valence-corrected chi connectivity index (χ2v) is 17.8. The largest absolute Gasteiger partial charge is 0.444 e. The van der Waals surface area contributed by atoms with Crippen molar-refractivity contribution in [2.24, 2.45) is 5.92 Å². The van der Waals surface area contributed by atoms with Crippen LogP contribution in [0.2, 0.25) is 18.1 Å². The van der Waals surface area contributed by atoms with Crippen LogP contribution in [0.15, 0.2) is 24.3 Å². The van der Waals surface area contributed by atoms with E-state index in [-0.39, 0.29) is 22.8 Å². The molecule has 5 atom stereocenters. The van der Waals surface area contributed by atoms with Crippen LogP contribution in [0.1, 0.15) is 72.2 Å². The van der Waals surface area contributed by atoms with E-state index >= 15 is 0 Å². The maximum Gasteiger partial charge on any atom is 0.410 e. The summed E-state index contributed by atoms with van der Waals surface area (Å²) in [6.07, 6.45) is -0.885. The lowest BCUT2D eigenvalue weighted by atomic mass is 9.94. The molecule has 10 heteroatoms. The lowest BCUT2D eigenvalue weighted by Crippen LogP contribution is -2.52. The van der Waals surface area contributed by atoms with Crippen molar-refractivity contribution in [3.63, 3.8) is 0 Å². The molecule has 1 heterocycles. The summed E-state index contributed by atoms with van der Waals surface area (Å²) in [7, 11) is -0.624. The van der Waals surface area contributed by atoms with Crippen molar-refractivity contribution in [1.82, 2.24) is 10.2 Å². The average molecular weight is 567 g/mol. The van der Waals surface area contributed by atoms with Crippen LogP contribution in [-0.2, 0) is 18.7 Å². The van der Waals surface area contributed by atoms with Crippen LogP contribution in [-0.4, -0.2) is 74.5 Å². The van der Waals surface area contributed by atoms with E-state index in [1.807, 2.05) is 20.8 Å². The van der Waals surface area contributed by atoms with Crippen molar-refractivity contribution in [2.45, 2.75) is 110 Å². The molecule has 1 saturated heterocycles. The standard InChI is InChI=1S/C29H47FN2O6Si/c1-18(26(34)31-19(2)24(33)20-12-14-21(30)15-13-20)25(36-9)23-16-22(38-39(10,11)29(6,7)8)17-32(23)27(35)37-28(3,4)5/h12-15,18-19,22-23,25H,16-17H2,1-11H3,(H,31,34)/t18-,19+,22+,23+,25-/m1/s1. The van der Waals surface area contributed by atoms with Crippen LogP contribution in [0.25, 0.3) is 0 Å². The number of halogens is 1. The van der Waals surface area contributed by atoms with Crippen LogP contribution < -0.4 is 5.32 Å². The topological polar surface area (TPSA) is 94.2 Å². The quantitative estimate of drug-likeness (QED) is 0.311. The molecule has 0 spiro atoms. The maximum atomic E-state index is 13.3. The highest BCUT2D eigenvalue weighted by atomic mass is 28.4. The summed E-state index contributed by atoms with van der Waals surface area (Å²) in [5.74, 6) is -1.85. The Balaban J connectivity index is 2.24. The van der Waals surface area contributed by atoms with E-state index in [4.69, 9.17) is 13.9 Å². The Morgan fingerprint density at radius 3 is 2.10 bits per heavy atom. The number of Topliss-reactive ketones (excluding diaryl/α,β-unsaturated/α-hetero) is 1. The van der Waals surface area contributed by atoms with Gasteiger partial charge in [-0.25, -0.2) is 9.18 Å². The fraction of sp³-hybridized carbons (Fsp3) is 0.690. The number of nitrogens with zero attached hydrogens (tertiary/aromatic N) is 1. The maximum absolute atomic E-state index is 13.3. The predicted octanol–water partition coefficient (Wildman–Crippen LogP) is 5.56. The fourth-order valence-electron chi connectivity index (χ4n) is 4.46. The molecule has 1 aliphatic rings. The fourth-order valence-corrected chi connectivity index (χ4v) is 5.82. The van der Waals surface area contributed by atoms with E-state index in [2.05, 4.69) is 39.2 Å². The molecule has 1 aliphatic heterocycles. The minimum absolute atomic E-state index is 0.0110. The van der Waals surface area contributed by atoms with Crippen LogP contribution in [0, 0.1) is 11.7 Å². The lowest BCUT2D eigenvalue weighted by molar-refractivity contribution is -0.131. The molecule has 0 unspecified atom stereocenters. The van der Waals surface area contributed by atoms with Gasteiger partial charge in [-0.15, -0.1) is 0 Å². The molecule has 2 amide bonds. The lowest BCUT2D eigenvalue weighted by Gasteiger charge is -2.38. The Bertz CT molecular complexity index is 1020. The molecular weight excluding hydrogens is 519 g/mol. The van der Waals surface area contributed by atoms with Crippen molar-refractivity contribution in [3.05, 3.63) is 35.6 Å². The number of ether oxygens (including phenoxy) is 2. The SMILES string of the molecule is CO[C@H]([C@@H](C)C(=O)N[C@@H](C)C(=O)c1ccc(F)cc1)[C@@H]1C[C@H](O[Si](C)(C)C(C)(C)C)CN1C(=O)OC(C)(C)C. The number of rotatable bonds is 9. The first-order chi connectivity index (χ1) is 17.8. The zero-order valence-corrected chi connectivity index (χ0v) is 26.4. The third-order valence-corrected chi connectivity index (χ3v) is 12.2. The molecule has 0 radical (unpaired) electrons. The van der Waals surface area contributed by atoms with Crippen LogP contribution >= 0.6 is 0 Å². The molecule has 8 nitrogen and oxygen atoms in total. The molecule has 1 aromatic carbocycles. The highest BCUT2D eigenvalue weighted by Crippen LogP contribution is 2.40. The van der Waals surface area contributed by atoms with Gasteiger partial charge in [-0.05, 0) is 76.5 Å². The molecule has 0 aromatic heterocycles. The van der Waals surface area contributed by atoms with Gasteiger partial charge in [-0.2, -0.15) is 0 Å². The highest BCUT2D eigenvalue weighted by molar-refractivity contribution is 6.74. The molecule has 1 aromatic rings. The Morgan fingerprint density at radius 2 is 1.62 bits per heavy atom. The van der Waals surface area contributed by atoms with Crippen LogP contribution in [0.5, 0.6) is 0 Å². The monoisotopic (exact) mass is 566 g/mol. The van der Waals surface area contributed by atoms with Crippen molar-refractivity contribution in [3.8, 4) is 0 Å². The van der Waals surface area contributed by atoms with Crippen LogP contribution in [0.3, 0.4) is 0 Å². The molecule has 0 aliphatic carbocycles. The van der Waals surface area contributed by atoms with Crippen LogP contribution in [0.4, 0.5) is 9.18 Å². The van der Waals surface area contributed by atoms with Gasteiger partial charge in [0.15, 0.2) is 14.1 Å². The zero-order valence-electron chi connectivity index (χ0n) is 25.4. The van der Waals surface area contributed by atoms with Gasteiger partial charge in [0.1, 0.15) is 11.4 Å². The van der Waals surface area contributed by atoms with E-state index < -0.39 is 49.9 Å². The second kappa shape index (κ2) is 12.5. The first-order valence-corrected chi connectivity index (χ1v) is 16.5. The second-order valence-electron chi connectivity index (χ2n) is 13.0. The number of methoxy groups -OCH3 is 1. The third kappa shape index (κ3) is 8.59. The van der Waals surface area contributed by atoms with Crippen molar-refractivity contribution < 1.29 is 32.7 Å². The third-order valence-electron chi connectivity index (χ3n) is 7.64. The van der Waals surface area contributed by atoms with Crippen molar-refractivity contribution >= 4 is 26.1 Å². The molecule has 0 bridgehead atoms. The molecule has 1 N–H and O–H groups in total. The molecular formula is C29H47FN2O6Si. The van der Waals surface area contributed by atoms with Gasteiger partial charge in [0, 0.05) is 19.2 Å². The van der Waals surface area contributed by atoms with E-state index in [0.717, 1.165) is 0 Å². The van der Waals surface area contributed by atoms with Gasteiger partial charge >= 0.3 is 6.09 Å². The molecule has 2 rings (SSSR count). The van der Waals surface area contributed by atoms with E-state index in [9.17, 15) is 18.8 Å². The number of nitrogens with one attached hydrogen (secondary N) is 1. The molecule has 220 valence electrons. The number of carbonyl (C=O) groups is 3. The van der Waals surface area contributed by atoms with Crippen molar-refractivity contribution in [1.29, 1.82) is 0 Å². The average Bonchev–Trinajstić information content (AvgIpc) is 3.20. The van der Waals surface area contributed by atoms with E-state index in [0.29, 0.717) is 18.5 Å². The van der Waals surface area contributed by atoms with Gasteiger partial charge in [-0.1, -0.05) is 27.7 Å². The minimum atomic E-state index is -2.13. The minimum Gasteiger partial charge on any atom is -0.444 e. The van der Waals surface area contributed by atoms with Gasteiger partial charge in [0.2, 0.25) is 5.91 Å². The molecule has 0 saturated carbocycles. The van der Waals surface area contributed by atoms with Gasteiger partial charge in [0.25, 0.3) is 0 Å². The predicted molar refractivity (Wildman–Crippen MR) is 152 cm³/mol. The Kier molecular flexibility index (Phi) is 10.5. The van der Waals surface area contributed by atoms with Gasteiger partial charge < -0.3 is 19.2 Å². The molecule has 1 fully saturated rings. The summed E-state index contributed by atoms with van der Waals surface area (Å²) in [5, 5.41) is 2.75. The smallest absolute Gasteiger partial charge is 0.410 e. The Labute approximate surface area is 234 Å².